The second-order valence-electron chi connectivity index (χ2n) is 7.45. The lowest BCUT2D eigenvalue weighted by Crippen LogP contribution is -2.67. The van der Waals surface area contributed by atoms with Crippen LogP contribution in [0.4, 0.5) is 0 Å². The van der Waals surface area contributed by atoms with E-state index < -0.39 is 0 Å². The maximum atomic E-state index is 12.0. The van der Waals surface area contributed by atoms with E-state index in [1.165, 1.54) is 31.4 Å². The SMILES string of the molecule is CCC(=O)N[C@@]1(C)C2CC[C@@]3(C)N=C(CC)C1CC3C2. The average Bonchev–Trinajstić information content (AvgIpc) is 2.43. The number of amides is 1. The van der Waals surface area contributed by atoms with Gasteiger partial charge in [0.1, 0.15) is 0 Å². The molecule has 3 unspecified atom stereocenters. The third-order valence-electron chi connectivity index (χ3n) is 6.43. The summed E-state index contributed by atoms with van der Waals surface area (Å²) >= 11 is 0. The smallest absolute Gasteiger partial charge is 0.220 e. The molecule has 0 aromatic heterocycles. The van der Waals surface area contributed by atoms with E-state index in [0.717, 1.165) is 12.3 Å². The lowest BCUT2D eigenvalue weighted by molar-refractivity contribution is -0.125. The monoisotopic (exact) mass is 276 g/mol. The summed E-state index contributed by atoms with van der Waals surface area (Å²) in [6, 6.07) is 0. The van der Waals surface area contributed by atoms with E-state index in [0.29, 0.717) is 18.3 Å². The summed E-state index contributed by atoms with van der Waals surface area (Å²) in [6.45, 7) is 8.79. The van der Waals surface area contributed by atoms with Gasteiger partial charge in [-0.15, -0.1) is 0 Å². The predicted octanol–water partition coefficient (Wildman–Crippen LogP) is 3.33. The lowest BCUT2D eigenvalue weighted by Gasteiger charge is -2.60. The Bertz CT molecular complexity index is 458. The number of carbonyl (C=O) groups excluding carboxylic acids is 1. The van der Waals surface area contributed by atoms with Crippen LogP contribution in [-0.4, -0.2) is 22.7 Å². The average molecular weight is 276 g/mol. The number of hydrogen-bond acceptors (Lipinski definition) is 2. The van der Waals surface area contributed by atoms with E-state index in [9.17, 15) is 4.79 Å². The third kappa shape index (κ3) is 1.85. The highest BCUT2D eigenvalue weighted by atomic mass is 16.1. The molecule has 0 spiro atoms. The van der Waals surface area contributed by atoms with Gasteiger partial charge in [-0.25, -0.2) is 0 Å². The molecule has 2 aliphatic carbocycles. The number of nitrogens with one attached hydrogen (secondary N) is 1. The van der Waals surface area contributed by atoms with E-state index in [4.69, 9.17) is 4.99 Å². The van der Waals surface area contributed by atoms with Gasteiger partial charge < -0.3 is 5.32 Å². The molecular formula is C17H28N2O. The summed E-state index contributed by atoms with van der Waals surface area (Å²) in [5.41, 5.74) is 1.47. The quantitative estimate of drug-likeness (QED) is 0.844. The van der Waals surface area contributed by atoms with E-state index in [-0.39, 0.29) is 17.0 Å². The van der Waals surface area contributed by atoms with E-state index in [2.05, 4.69) is 26.1 Å². The predicted molar refractivity (Wildman–Crippen MR) is 81.9 cm³/mol. The number of fused-ring (bicyclic) bond motifs is 2. The minimum absolute atomic E-state index is 0.0693. The standard InChI is InChI=1S/C17H28N2O/c1-5-14-13-10-12-9-11(7-8-16(12,3)18-14)17(13,4)19-15(20)6-2/h11-13H,5-10H2,1-4H3,(H,19,20)/t11?,12?,13?,16-,17+/m1/s1. The molecule has 3 heteroatoms. The van der Waals surface area contributed by atoms with Crippen LogP contribution in [0.25, 0.3) is 0 Å². The zero-order valence-corrected chi connectivity index (χ0v) is 13.3. The number of nitrogens with zero attached hydrogens (tertiary/aromatic N) is 1. The molecule has 0 radical (unpaired) electrons. The molecule has 1 amide bonds. The van der Waals surface area contributed by atoms with Gasteiger partial charge in [0.25, 0.3) is 0 Å². The van der Waals surface area contributed by atoms with E-state index in [1.54, 1.807) is 0 Å². The van der Waals surface area contributed by atoms with Crippen molar-refractivity contribution in [1.29, 1.82) is 0 Å². The molecule has 112 valence electrons. The molecule has 3 bridgehead atoms. The molecule has 1 N–H and O–H groups in total. The molecule has 5 atom stereocenters. The van der Waals surface area contributed by atoms with Crippen molar-refractivity contribution in [3.05, 3.63) is 0 Å². The third-order valence-corrected chi connectivity index (χ3v) is 6.43. The van der Waals surface area contributed by atoms with Crippen molar-refractivity contribution in [3.63, 3.8) is 0 Å². The van der Waals surface area contributed by atoms with Crippen LogP contribution in [0, 0.1) is 17.8 Å². The highest BCUT2D eigenvalue weighted by molar-refractivity contribution is 5.90. The van der Waals surface area contributed by atoms with E-state index >= 15 is 0 Å². The Hall–Kier alpha value is -0.860. The first-order valence-electron chi connectivity index (χ1n) is 8.32. The minimum atomic E-state index is -0.0693. The zero-order chi connectivity index (χ0) is 14.5. The summed E-state index contributed by atoms with van der Waals surface area (Å²) in [5, 5.41) is 3.38. The number of hydrogen-bond donors (Lipinski definition) is 1. The molecule has 0 saturated heterocycles. The normalized spacial score (nSPS) is 46.0. The Morgan fingerprint density at radius 3 is 2.70 bits per heavy atom. The molecule has 3 aliphatic rings. The fraction of sp³-hybridized carbons (Fsp3) is 0.882. The molecule has 0 aromatic rings. The molecule has 1 aliphatic heterocycles. The maximum Gasteiger partial charge on any atom is 0.220 e. The van der Waals surface area contributed by atoms with Crippen molar-refractivity contribution < 1.29 is 4.79 Å². The topological polar surface area (TPSA) is 41.5 Å². The van der Waals surface area contributed by atoms with Crippen molar-refractivity contribution >= 4 is 11.6 Å². The minimum Gasteiger partial charge on any atom is -0.350 e. The molecular weight excluding hydrogens is 248 g/mol. The van der Waals surface area contributed by atoms with Gasteiger partial charge in [0, 0.05) is 23.6 Å². The highest BCUT2D eigenvalue weighted by Gasteiger charge is 2.58. The van der Waals surface area contributed by atoms with Gasteiger partial charge in [-0.2, -0.15) is 0 Å². The van der Waals surface area contributed by atoms with Crippen molar-refractivity contribution in [2.24, 2.45) is 22.7 Å². The zero-order valence-electron chi connectivity index (χ0n) is 13.3. The summed E-state index contributed by atoms with van der Waals surface area (Å²) in [4.78, 5) is 17.2. The fourth-order valence-electron chi connectivity index (χ4n) is 5.03. The second-order valence-corrected chi connectivity index (χ2v) is 7.45. The first kappa shape index (κ1) is 14.1. The summed E-state index contributed by atoms with van der Waals surface area (Å²) in [6.07, 6.45) is 6.47. The van der Waals surface area contributed by atoms with Gasteiger partial charge in [0.2, 0.25) is 5.91 Å². The van der Waals surface area contributed by atoms with Crippen molar-refractivity contribution in [2.45, 2.75) is 77.3 Å². The lowest BCUT2D eigenvalue weighted by atomic mass is 9.51. The summed E-state index contributed by atoms with van der Waals surface area (Å²) in [7, 11) is 0. The maximum absolute atomic E-state index is 12.0. The molecule has 20 heavy (non-hydrogen) atoms. The summed E-state index contributed by atoms with van der Waals surface area (Å²) in [5.74, 6) is 2.01. The van der Waals surface area contributed by atoms with Crippen molar-refractivity contribution in [3.8, 4) is 0 Å². The number of rotatable bonds is 3. The van der Waals surface area contributed by atoms with Crippen LogP contribution in [0.5, 0.6) is 0 Å². The number of carbonyl (C=O) groups is 1. The molecule has 2 saturated carbocycles. The van der Waals surface area contributed by atoms with Gasteiger partial charge >= 0.3 is 0 Å². The fourth-order valence-corrected chi connectivity index (χ4v) is 5.03. The molecule has 3 rings (SSSR count). The first-order chi connectivity index (χ1) is 9.43. The van der Waals surface area contributed by atoms with Gasteiger partial charge in [-0.1, -0.05) is 13.8 Å². The van der Waals surface area contributed by atoms with Crippen LogP contribution in [0.1, 0.15) is 66.2 Å². The van der Waals surface area contributed by atoms with Crippen molar-refractivity contribution in [2.75, 3.05) is 0 Å². The summed E-state index contributed by atoms with van der Waals surface area (Å²) < 4.78 is 0. The Labute approximate surface area is 122 Å². The van der Waals surface area contributed by atoms with Crippen LogP contribution in [0.3, 0.4) is 0 Å². The van der Waals surface area contributed by atoms with Crippen molar-refractivity contribution in [1.82, 2.24) is 5.32 Å². The molecule has 0 aromatic carbocycles. The highest BCUT2D eigenvalue weighted by Crippen LogP contribution is 2.56. The molecule has 2 fully saturated rings. The molecule has 3 nitrogen and oxygen atoms in total. The van der Waals surface area contributed by atoms with Crippen LogP contribution in [0.15, 0.2) is 4.99 Å². The van der Waals surface area contributed by atoms with Gasteiger partial charge in [-0.3, -0.25) is 9.79 Å². The Morgan fingerprint density at radius 2 is 2.05 bits per heavy atom. The Kier molecular flexibility index (Phi) is 3.22. The van der Waals surface area contributed by atoms with Crippen LogP contribution < -0.4 is 5.32 Å². The van der Waals surface area contributed by atoms with Gasteiger partial charge in [0.05, 0.1) is 5.54 Å². The second kappa shape index (κ2) is 4.57. The Morgan fingerprint density at radius 1 is 1.30 bits per heavy atom. The van der Waals surface area contributed by atoms with Crippen LogP contribution >= 0.6 is 0 Å². The van der Waals surface area contributed by atoms with Crippen LogP contribution in [-0.2, 0) is 4.79 Å². The van der Waals surface area contributed by atoms with Gasteiger partial charge in [0.15, 0.2) is 0 Å². The van der Waals surface area contributed by atoms with E-state index in [1.807, 2.05) is 6.92 Å². The number of aliphatic imine (C=N–C) groups is 1. The van der Waals surface area contributed by atoms with Crippen LogP contribution in [0.2, 0.25) is 0 Å². The molecule has 1 heterocycles. The van der Waals surface area contributed by atoms with Gasteiger partial charge in [-0.05, 0) is 57.8 Å². The largest absolute Gasteiger partial charge is 0.350 e. The first-order valence-corrected chi connectivity index (χ1v) is 8.32. The Balaban J connectivity index is 2.01.